The van der Waals surface area contributed by atoms with Crippen LogP contribution in [0.25, 0.3) is 22.0 Å². The van der Waals surface area contributed by atoms with Gasteiger partial charge in [-0.25, -0.2) is 31.8 Å². The normalized spacial score (nSPS) is 12.4. The Balaban J connectivity index is 0.00000259. The molecule has 1 aliphatic carbocycles. The fourth-order valence-electron chi connectivity index (χ4n) is 7.26. The van der Waals surface area contributed by atoms with E-state index in [2.05, 4.69) is 25.3 Å². The van der Waals surface area contributed by atoms with Gasteiger partial charge in [0.25, 0.3) is 15.7 Å². The number of hydrogen-bond acceptors (Lipinski definition) is 18. The Morgan fingerprint density at radius 3 is 2.03 bits per heavy atom. The van der Waals surface area contributed by atoms with Gasteiger partial charge in [0, 0.05) is 34.7 Å². The Morgan fingerprint density at radius 2 is 1.39 bits per heavy atom. The number of H-pyrrole nitrogens is 2. The van der Waals surface area contributed by atoms with Crippen LogP contribution in [0.2, 0.25) is 0 Å². The molecule has 0 spiro atoms. The second kappa shape index (κ2) is 21.8. The van der Waals surface area contributed by atoms with Crippen molar-refractivity contribution in [2.45, 2.75) is 14.7 Å². The van der Waals surface area contributed by atoms with Crippen LogP contribution in [0.15, 0.2) is 127 Å². The molecule has 2 heterocycles. The Morgan fingerprint density at radius 1 is 0.754 bits per heavy atom. The van der Waals surface area contributed by atoms with E-state index in [4.69, 9.17) is 0 Å². The first-order chi connectivity index (χ1) is 30.5. The van der Waals surface area contributed by atoms with Crippen molar-refractivity contribution in [2.24, 2.45) is 17.0 Å². The number of carbonyl (C=O) groups excluding carboxylic acids is 3. The van der Waals surface area contributed by atoms with E-state index in [9.17, 15) is 68.3 Å². The number of benzene rings is 5. The average Bonchev–Trinajstić information content (AvgIpc) is 3.23. The predicted octanol–water partition coefficient (Wildman–Crippen LogP) is -11.3. The number of aromatic amines is 2. The van der Waals surface area contributed by atoms with Crippen LogP contribution in [-0.4, -0.2) is 76.0 Å². The molecule has 22 nitrogen and oxygen atoms in total. The quantitative estimate of drug-likeness (QED) is 0.0561. The monoisotopic (exact) mass is 1030 g/mol. The molecule has 0 bridgehead atoms. The van der Waals surface area contributed by atoms with Crippen molar-refractivity contribution in [3.63, 3.8) is 0 Å². The zero-order chi connectivity index (χ0) is 46.9. The molecule has 0 fully saturated rings. The molecule has 8 rings (SSSR count). The van der Waals surface area contributed by atoms with Crippen LogP contribution in [0.4, 0.5) is 22.7 Å². The molecule has 7 aromatic rings. The number of para-hydroxylation sites is 1. The van der Waals surface area contributed by atoms with E-state index in [0.29, 0.717) is 6.07 Å². The molecule has 0 saturated heterocycles. The van der Waals surface area contributed by atoms with Gasteiger partial charge in [0.15, 0.2) is 11.6 Å². The number of carbonyl (C=O) groups is 3. The number of aromatic nitrogens is 4. The summed E-state index contributed by atoms with van der Waals surface area (Å²) in [6, 6.07) is 17.5. The van der Waals surface area contributed by atoms with Crippen molar-refractivity contribution in [2.75, 3.05) is 5.32 Å². The third-order valence-corrected chi connectivity index (χ3v) is 12.6. The largest absolute Gasteiger partial charge is 1.00 e. The maximum absolute atomic E-state index is 14.5. The fraction of sp³-hybridized carbons (Fsp3) is 0.0250. The van der Waals surface area contributed by atoms with Gasteiger partial charge >= 0.3 is 118 Å². The van der Waals surface area contributed by atoms with E-state index in [-0.39, 0.29) is 168 Å². The molecule has 0 radical (unpaired) electrons. The maximum atomic E-state index is 14.5. The number of fused-ring (bicyclic) bond motifs is 2. The molecule has 0 amide bonds. The average molecular weight is 1030 g/mol. The summed E-state index contributed by atoms with van der Waals surface area (Å²) in [4.78, 5) is 66.8. The number of anilines is 2. The van der Waals surface area contributed by atoms with E-state index in [1.165, 1.54) is 67.7 Å². The van der Waals surface area contributed by atoms with Crippen molar-refractivity contribution in [1.29, 1.82) is 0 Å². The van der Waals surface area contributed by atoms with Gasteiger partial charge in [-0.3, -0.25) is 23.9 Å². The van der Waals surface area contributed by atoms with Crippen LogP contribution < -0.4 is 151 Å². The third kappa shape index (κ3) is 11.3. The third-order valence-electron chi connectivity index (χ3n) is 9.97. The van der Waals surface area contributed by atoms with Gasteiger partial charge < -0.3 is 39.0 Å². The van der Waals surface area contributed by atoms with Crippen molar-refractivity contribution in [1.82, 2.24) is 19.5 Å². The van der Waals surface area contributed by atoms with Gasteiger partial charge in [0.1, 0.15) is 30.8 Å². The summed E-state index contributed by atoms with van der Waals surface area (Å²) in [5.74, 6) is -3.45. The number of aryl methyl sites for hydroxylation is 1. The molecular formula is C40H23N7Na4O15S3. The molecule has 5 aromatic carbocycles. The summed E-state index contributed by atoms with van der Waals surface area (Å²) in [7, 11) is -15.2. The van der Waals surface area contributed by atoms with Crippen LogP contribution in [0.3, 0.4) is 0 Å². The molecule has 0 unspecified atom stereocenters. The van der Waals surface area contributed by atoms with Gasteiger partial charge in [0.05, 0.1) is 55.5 Å². The number of rotatable bonds is 10. The molecule has 69 heavy (non-hydrogen) atoms. The van der Waals surface area contributed by atoms with Crippen molar-refractivity contribution >= 4 is 81.5 Å². The number of carboxylic acids is 1. The van der Waals surface area contributed by atoms with Gasteiger partial charge in [-0.2, -0.15) is 8.42 Å². The molecule has 0 atom stereocenters. The number of carboxylic acid groups (broad SMARTS) is 1. The molecule has 0 aliphatic heterocycles. The maximum Gasteiger partial charge on any atom is 1.00 e. The number of nitrogens with zero attached hydrogens (tertiary/aromatic N) is 4. The van der Waals surface area contributed by atoms with Gasteiger partial charge in [-0.05, 0) is 48.0 Å². The number of aromatic carboxylic acids is 1. The van der Waals surface area contributed by atoms with Gasteiger partial charge in [-0.15, -0.1) is 0 Å². The van der Waals surface area contributed by atoms with Crippen molar-refractivity contribution < 1.29 is 182 Å². The first-order valence-corrected chi connectivity index (χ1v) is 22.4. The SMILES string of the molecule is Cn1c(=O)c(C(=O)c2cccc(S(=O)(=O)[O-])c2)c2c3c(c(Nc4ccc(S(=O)(=O)[O-])c(N=c5[nH]c([O-])nc(=Nc6ccccc6C(=O)[O-])[nH]5)c4S(=O)(=O)O)ccc31)C(=O)c1ccccc1-2.[Na+].[Na+].[Na+].[Na+]. The van der Waals surface area contributed by atoms with E-state index < -0.39 is 108 Å². The molecule has 2 aromatic heterocycles. The van der Waals surface area contributed by atoms with Crippen molar-refractivity contribution in [3.05, 3.63) is 146 Å². The molecule has 4 N–H and O–H groups in total. The summed E-state index contributed by atoms with van der Waals surface area (Å²) in [5.41, 5.74) is -6.66. The zero-order valence-electron chi connectivity index (χ0n) is 36.4. The molecule has 29 heteroatoms. The minimum absolute atomic E-state index is 0. The van der Waals surface area contributed by atoms with Crippen LogP contribution >= 0.6 is 0 Å². The van der Waals surface area contributed by atoms with E-state index in [1.807, 2.05) is 4.98 Å². The Kier molecular flexibility index (Phi) is 18.2. The number of ketones is 2. The zero-order valence-corrected chi connectivity index (χ0v) is 46.9. The number of nitrogens with one attached hydrogen (secondary N) is 3. The summed E-state index contributed by atoms with van der Waals surface area (Å²) in [6.45, 7) is 0. The standard InChI is InChI=1S/C40H27N7O15S3.4Na/c1-47-26-15-13-24(29-30(26)28(20-9-2-3-10-21(20)34(29)49)31(36(47)50)33(48)18-7-6-8-19(17-18)63(54,55)56)41-25-14-16-27(64(57,58)59)32(35(25)65(60,61)62)43-39-44-38(45-40(53)46-39)42-23-12-5-4-11-22(23)37(51)52;;;;/h2-17,41H,1H3,(H,51,52)(H,54,55,56)(H,57,58,59)(H,60,61,62)(H3,42,43,44,45,46,53);;;;/q;4*+1/p-4. The number of pyridine rings is 1. The molecule has 330 valence electrons. The van der Waals surface area contributed by atoms with E-state index in [1.54, 1.807) is 0 Å². The van der Waals surface area contributed by atoms with Crippen molar-refractivity contribution in [3.8, 4) is 17.1 Å². The molecular weight excluding hydrogens is 1010 g/mol. The smallest absolute Gasteiger partial charge is 0.846 e. The fourth-order valence-corrected chi connectivity index (χ4v) is 9.26. The first-order valence-electron chi connectivity index (χ1n) is 18.1. The minimum Gasteiger partial charge on any atom is -0.846 e. The Hall–Kier alpha value is -3.94. The Labute approximate surface area is 477 Å². The van der Waals surface area contributed by atoms with Crippen LogP contribution in [-0.2, 0) is 37.4 Å². The molecule has 1 aliphatic rings. The first kappa shape index (κ1) is 57.6. The summed E-state index contributed by atoms with van der Waals surface area (Å²) in [5, 5.41) is 26.9. The van der Waals surface area contributed by atoms with E-state index in [0.717, 1.165) is 34.9 Å². The second-order valence-corrected chi connectivity index (χ2v) is 18.0. The molecule has 0 saturated carbocycles. The summed E-state index contributed by atoms with van der Waals surface area (Å²) in [6.07, 6.45) is 0. The summed E-state index contributed by atoms with van der Waals surface area (Å²) >= 11 is 0. The number of hydrogen-bond donors (Lipinski definition) is 4. The predicted molar refractivity (Wildman–Crippen MR) is 217 cm³/mol. The minimum atomic E-state index is -5.68. The van der Waals surface area contributed by atoms with Crippen LogP contribution in [0.5, 0.6) is 6.01 Å². The van der Waals surface area contributed by atoms with Gasteiger partial charge in [0.2, 0.25) is 11.2 Å². The summed E-state index contributed by atoms with van der Waals surface area (Å²) < 4.78 is 112. The van der Waals surface area contributed by atoms with E-state index >= 15 is 0 Å². The topological polar surface area (TPSA) is 369 Å². The van der Waals surface area contributed by atoms with Crippen LogP contribution in [0.1, 0.15) is 42.2 Å². The Bertz CT molecular complexity index is 3880. The van der Waals surface area contributed by atoms with Gasteiger partial charge in [-0.1, -0.05) is 54.6 Å². The van der Waals surface area contributed by atoms with Crippen LogP contribution in [0, 0.1) is 0 Å². The second-order valence-electron chi connectivity index (χ2n) is 13.9.